The molecule has 0 amide bonds. The van der Waals surface area contributed by atoms with Gasteiger partial charge in [0.15, 0.2) is 6.10 Å². The Balaban J connectivity index is 4.71. The number of phosphoric ester groups is 1. The summed E-state index contributed by atoms with van der Waals surface area (Å²) in [5, 5.41) is 9.84. The molecular formula is C66H117O11P. The van der Waals surface area contributed by atoms with Crippen molar-refractivity contribution >= 4 is 25.7 Å². The van der Waals surface area contributed by atoms with E-state index in [2.05, 4.69) is 93.7 Å². The Bertz CT molecular complexity index is 1590. The molecule has 0 aromatic heterocycles. The van der Waals surface area contributed by atoms with Gasteiger partial charge in [-0.05, 0) is 89.9 Å². The molecule has 452 valence electrons. The number of aliphatic hydroxyl groups is 1. The van der Waals surface area contributed by atoms with Crippen LogP contribution in [0.5, 0.6) is 0 Å². The van der Waals surface area contributed by atoms with Gasteiger partial charge in [0.2, 0.25) is 0 Å². The minimum absolute atomic E-state index is 0.148. The molecule has 78 heavy (non-hydrogen) atoms. The number of carbonyl (C=O) groups is 3. The minimum Gasteiger partial charge on any atom is -0.462 e. The lowest BCUT2D eigenvalue weighted by Gasteiger charge is -2.21. The predicted octanol–water partition coefficient (Wildman–Crippen LogP) is 19.3. The largest absolute Gasteiger partial charge is 0.472 e. The first-order valence-electron chi connectivity index (χ1n) is 31.8. The van der Waals surface area contributed by atoms with Crippen molar-refractivity contribution in [1.82, 2.24) is 0 Å². The number of hydrogen-bond donors (Lipinski definition) is 2. The van der Waals surface area contributed by atoms with Crippen molar-refractivity contribution in [3.63, 3.8) is 0 Å². The highest BCUT2D eigenvalue weighted by molar-refractivity contribution is 7.47. The van der Waals surface area contributed by atoms with Gasteiger partial charge in [-0.15, -0.1) is 0 Å². The van der Waals surface area contributed by atoms with E-state index in [1.165, 1.54) is 128 Å². The highest BCUT2D eigenvalue weighted by Gasteiger charge is 2.28. The summed E-state index contributed by atoms with van der Waals surface area (Å²) >= 11 is 0. The molecule has 0 rings (SSSR count). The van der Waals surface area contributed by atoms with Gasteiger partial charge in [-0.1, -0.05) is 254 Å². The maximum Gasteiger partial charge on any atom is 0.472 e. The van der Waals surface area contributed by atoms with Gasteiger partial charge in [0.1, 0.15) is 12.7 Å². The molecule has 11 nitrogen and oxygen atoms in total. The molecule has 0 fully saturated rings. The Kier molecular flexibility index (Phi) is 57.7. The number of phosphoric acid groups is 1. The van der Waals surface area contributed by atoms with Crippen LogP contribution in [0.2, 0.25) is 0 Å². The van der Waals surface area contributed by atoms with Crippen LogP contribution in [0.1, 0.15) is 290 Å². The van der Waals surface area contributed by atoms with Crippen LogP contribution in [0.25, 0.3) is 0 Å². The maximum atomic E-state index is 13.0. The summed E-state index contributed by atoms with van der Waals surface area (Å²) in [6, 6.07) is 0. The fraction of sp³-hybridized carbons (Fsp3) is 0.773. The molecule has 0 heterocycles. The lowest BCUT2D eigenvalue weighted by molar-refractivity contribution is -0.161. The van der Waals surface area contributed by atoms with Crippen molar-refractivity contribution in [2.75, 3.05) is 26.4 Å². The van der Waals surface area contributed by atoms with Gasteiger partial charge in [-0.2, -0.15) is 0 Å². The molecule has 12 heteroatoms. The second-order valence-electron chi connectivity index (χ2n) is 21.2. The summed E-state index contributed by atoms with van der Waals surface area (Å²) in [7, 11) is -4.76. The van der Waals surface area contributed by atoms with E-state index in [-0.39, 0.29) is 25.9 Å². The monoisotopic (exact) mass is 1120 g/mol. The Morgan fingerprint density at radius 2 is 0.667 bits per heavy atom. The molecule has 2 N–H and O–H groups in total. The highest BCUT2D eigenvalue weighted by atomic mass is 31.2. The van der Waals surface area contributed by atoms with Crippen molar-refractivity contribution in [1.29, 1.82) is 0 Å². The molecule has 0 aromatic rings. The maximum absolute atomic E-state index is 13.0. The number of unbranched alkanes of at least 4 members (excludes halogenated alkanes) is 30. The number of aliphatic hydroxyl groups excluding tert-OH is 1. The summed E-state index contributed by atoms with van der Waals surface area (Å²) in [4.78, 5) is 48.7. The van der Waals surface area contributed by atoms with Crippen LogP contribution in [-0.4, -0.2) is 66.5 Å². The van der Waals surface area contributed by atoms with Crippen LogP contribution in [0, 0.1) is 0 Å². The number of hydrogen-bond acceptors (Lipinski definition) is 10. The molecule has 0 saturated carbocycles. The van der Waals surface area contributed by atoms with Crippen LogP contribution >= 0.6 is 7.82 Å². The number of ether oxygens (including phenoxy) is 3. The van der Waals surface area contributed by atoms with E-state index in [4.69, 9.17) is 23.3 Å². The van der Waals surface area contributed by atoms with Crippen molar-refractivity contribution in [3.8, 4) is 0 Å². The molecule has 3 unspecified atom stereocenters. The van der Waals surface area contributed by atoms with Crippen LogP contribution < -0.4 is 0 Å². The zero-order valence-corrected chi connectivity index (χ0v) is 51.0. The second kappa shape index (κ2) is 60.0. The smallest absolute Gasteiger partial charge is 0.462 e. The van der Waals surface area contributed by atoms with Gasteiger partial charge in [0.25, 0.3) is 0 Å². The topological polar surface area (TPSA) is 155 Å². The number of esters is 3. The minimum atomic E-state index is -4.76. The summed E-state index contributed by atoms with van der Waals surface area (Å²) in [6.07, 6.45) is 68.5. The highest BCUT2D eigenvalue weighted by Crippen LogP contribution is 2.43. The summed E-state index contributed by atoms with van der Waals surface area (Å²) < 4.78 is 39.7. The van der Waals surface area contributed by atoms with Gasteiger partial charge >= 0.3 is 25.7 Å². The molecular weight excluding hydrogens is 1000 g/mol. The first-order valence-corrected chi connectivity index (χ1v) is 33.3. The van der Waals surface area contributed by atoms with Crippen LogP contribution in [0.15, 0.2) is 72.9 Å². The molecule has 0 bridgehead atoms. The fourth-order valence-electron chi connectivity index (χ4n) is 8.79. The summed E-state index contributed by atoms with van der Waals surface area (Å²) in [5.74, 6) is -1.48. The average molecular weight is 1120 g/mol. The van der Waals surface area contributed by atoms with Crippen molar-refractivity contribution in [2.45, 2.75) is 303 Å². The van der Waals surface area contributed by atoms with E-state index in [1.54, 1.807) is 0 Å². The van der Waals surface area contributed by atoms with Gasteiger partial charge in [0.05, 0.1) is 19.8 Å². The predicted molar refractivity (Wildman–Crippen MR) is 325 cm³/mol. The third-order valence-electron chi connectivity index (χ3n) is 13.6. The zero-order chi connectivity index (χ0) is 56.9. The Morgan fingerprint density at radius 3 is 1.05 bits per heavy atom. The van der Waals surface area contributed by atoms with Crippen LogP contribution in [0.3, 0.4) is 0 Å². The van der Waals surface area contributed by atoms with Crippen molar-refractivity contribution < 1.29 is 52.2 Å². The van der Waals surface area contributed by atoms with Gasteiger partial charge in [-0.3, -0.25) is 23.4 Å². The van der Waals surface area contributed by atoms with E-state index in [0.717, 1.165) is 103 Å². The molecule has 0 aromatic carbocycles. The fourth-order valence-corrected chi connectivity index (χ4v) is 9.57. The van der Waals surface area contributed by atoms with Crippen molar-refractivity contribution in [3.05, 3.63) is 72.9 Å². The van der Waals surface area contributed by atoms with E-state index < -0.39 is 57.8 Å². The Hall–Kier alpha value is -3.08. The molecule has 0 aliphatic rings. The third-order valence-corrected chi connectivity index (χ3v) is 14.6. The molecule has 0 aliphatic heterocycles. The number of carbonyl (C=O) groups excluding carboxylic acids is 3. The number of allylic oxidation sites excluding steroid dienone is 12. The first-order chi connectivity index (χ1) is 38.2. The lowest BCUT2D eigenvalue weighted by atomic mass is 10.0. The average Bonchev–Trinajstić information content (AvgIpc) is 3.43. The SMILES string of the molecule is CC/C=C\C/C=C\C/C=C\C/C=C\CCCCCCC(=O)OC(CO)COP(=O)(O)OCC(COC(=O)CCCCCCCCCCCCCCCCC)OC(=O)CCCCCCCCCCC/C=C\C/C=C\CCCCC. The van der Waals surface area contributed by atoms with E-state index in [9.17, 15) is 28.9 Å². The first kappa shape index (κ1) is 74.9. The zero-order valence-electron chi connectivity index (χ0n) is 50.1. The standard InChI is InChI=1S/C66H117O11P/c1-4-7-10-13-16-19-22-25-28-30-31-33-36-39-42-45-48-51-54-57-66(70)77-63(59-73-64(68)55-52-49-46-43-40-37-34-27-24-21-18-15-12-9-6-3)61-75-78(71,72)74-60-62(58-67)76-65(69)56-53-50-47-44-41-38-35-32-29-26-23-20-17-14-11-8-5-2/h8,11,16-17,19-20,25-26,28-29,35,38,62-63,67H,4-7,9-10,12-15,18,21-24,27,30-34,36-37,39-61H2,1-3H3,(H,71,72)/b11-8-,19-16-,20-17-,28-25-,29-26-,38-35-. The van der Waals surface area contributed by atoms with E-state index in [1.807, 2.05) is 0 Å². The molecule has 0 saturated heterocycles. The Morgan fingerprint density at radius 1 is 0.372 bits per heavy atom. The lowest BCUT2D eigenvalue weighted by Crippen LogP contribution is -2.30. The summed E-state index contributed by atoms with van der Waals surface area (Å²) in [5.41, 5.74) is 0. The molecule has 0 spiro atoms. The molecule has 3 atom stereocenters. The van der Waals surface area contributed by atoms with Crippen molar-refractivity contribution in [2.24, 2.45) is 0 Å². The van der Waals surface area contributed by atoms with Crippen LogP contribution in [0.4, 0.5) is 0 Å². The molecule has 0 radical (unpaired) electrons. The second-order valence-corrected chi connectivity index (χ2v) is 22.7. The van der Waals surface area contributed by atoms with E-state index >= 15 is 0 Å². The van der Waals surface area contributed by atoms with Crippen LogP contribution in [-0.2, 0) is 42.2 Å². The van der Waals surface area contributed by atoms with Gasteiger partial charge in [-0.25, -0.2) is 4.57 Å². The summed E-state index contributed by atoms with van der Waals surface area (Å²) in [6.45, 7) is 4.52. The Labute approximate surface area is 478 Å². The molecule has 0 aliphatic carbocycles. The normalized spacial score (nSPS) is 13.8. The van der Waals surface area contributed by atoms with E-state index in [0.29, 0.717) is 19.3 Å². The van der Waals surface area contributed by atoms with Gasteiger partial charge in [0, 0.05) is 19.3 Å². The number of rotatable bonds is 59. The third kappa shape index (κ3) is 57.6. The quantitative estimate of drug-likeness (QED) is 0.0197. The van der Waals surface area contributed by atoms with Gasteiger partial charge < -0.3 is 24.2 Å².